The number of hydrogen-bond donors (Lipinski definition) is 1. The van der Waals surface area contributed by atoms with Gasteiger partial charge in [0.15, 0.2) is 4.91 Å². The first-order valence-corrected chi connectivity index (χ1v) is 12.4. The quantitative estimate of drug-likeness (QED) is 0.380. The van der Waals surface area contributed by atoms with E-state index in [0.717, 1.165) is 22.9 Å². The van der Waals surface area contributed by atoms with Gasteiger partial charge in [0.1, 0.15) is 16.9 Å². The zero-order chi connectivity index (χ0) is 23.3. The second-order valence-electron chi connectivity index (χ2n) is 7.00. The van der Waals surface area contributed by atoms with Crippen LogP contribution in [0.4, 0.5) is 10.1 Å². The van der Waals surface area contributed by atoms with Crippen molar-refractivity contribution < 1.29 is 12.8 Å². The van der Waals surface area contributed by atoms with Crippen LogP contribution in [0, 0.1) is 31.0 Å². The molecular formula is C24H20ClFN2O2S2. The van der Waals surface area contributed by atoms with Crippen molar-refractivity contribution in [2.24, 2.45) is 0 Å². The molecule has 0 amide bonds. The number of benzene rings is 3. The first-order chi connectivity index (χ1) is 15.2. The number of nitriles is 1. The van der Waals surface area contributed by atoms with E-state index in [-0.39, 0.29) is 26.3 Å². The fourth-order valence-electron chi connectivity index (χ4n) is 2.87. The van der Waals surface area contributed by atoms with Crippen molar-refractivity contribution >= 4 is 38.9 Å². The number of allylic oxidation sites excluding steroid dienone is 1. The molecule has 3 aromatic rings. The van der Waals surface area contributed by atoms with Crippen LogP contribution in [0.15, 0.2) is 81.6 Å². The Kier molecular flexibility index (Phi) is 7.62. The Balaban J connectivity index is 2.09. The van der Waals surface area contributed by atoms with Gasteiger partial charge < -0.3 is 5.32 Å². The van der Waals surface area contributed by atoms with Gasteiger partial charge in [-0.3, -0.25) is 0 Å². The Morgan fingerprint density at radius 1 is 1.06 bits per heavy atom. The Morgan fingerprint density at radius 2 is 1.78 bits per heavy atom. The van der Waals surface area contributed by atoms with Crippen LogP contribution in [0.2, 0.25) is 5.02 Å². The standard InChI is InChI=1S/C24H20ClFN2O2S2/c1-16-11-12-18(13-17(16)2)28-24(31-15-20-21(25)9-6-10-22(20)26)23(14-27)32(29,30)19-7-4-3-5-8-19/h3-13,28H,15H2,1-2H3. The van der Waals surface area contributed by atoms with E-state index in [1.807, 2.05) is 32.0 Å². The van der Waals surface area contributed by atoms with Gasteiger partial charge in [-0.2, -0.15) is 5.26 Å². The Bertz CT molecular complexity index is 1300. The van der Waals surface area contributed by atoms with Crippen LogP contribution in [0.1, 0.15) is 16.7 Å². The summed E-state index contributed by atoms with van der Waals surface area (Å²) in [5.41, 5.74) is 2.92. The molecule has 0 radical (unpaired) electrons. The first-order valence-electron chi connectivity index (χ1n) is 9.58. The van der Waals surface area contributed by atoms with Crippen LogP contribution in [-0.4, -0.2) is 8.42 Å². The van der Waals surface area contributed by atoms with E-state index in [0.29, 0.717) is 5.69 Å². The van der Waals surface area contributed by atoms with Gasteiger partial charge in [-0.25, -0.2) is 12.8 Å². The molecule has 8 heteroatoms. The summed E-state index contributed by atoms with van der Waals surface area (Å²) in [5, 5.41) is 13.2. The lowest BCUT2D eigenvalue weighted by molar-refractivity contribution is 0.603. The van der Waals surface area contributed by atoms with Crippen LogP contribution < -0.4 is 5.32 Å². The Hall–Kier alpha value is -2.79. The topological polar surface area (TPSA) is 70.0 Å². The van der Waals surface area contributed by atoms with Crippen molar-refractivity contribution in [2.75, 3.05) is 5.32 Å². The molecule has 3 aromatic carbocycles. The molecule has 164 valence electrons. The molecule has 3 rings (SSSR count). The maximum atomic E-state index is 14.3. The molecule has 0 aliphatic carbocycles. The van der Waals surface area contributed by atoms with Crippen molar-refractivity contribution in [3.63, 3.8) is 0 Å². The molecule has 0 unspecified atom stereocenters. The third-order valence-electron chi connectivity index (χ3n) is 4.82. The molecular weight excluding hydrogens is 467 g/mol. The number of thioether (sulfide) groups is 1. The van der Waals surface area contributed by atoms with E-state index in [9.17, 15) is 18.1 Å². The largest absolute Gasteiger partial charge is 0.349 e. The monoisotopic (exact) mass is 486 g/mol. The minimum Gasteiger partial charge on any atom is -0.349 e. The molecule has 0 aromatic heterocycles. The fraction of sp³-hybridized carbons (Fsp3) is 0.125. The Morgan fingerprint density at radius 3 is 2.41 bits per heavy atom. The molecule has 4 nitrogen and oxygen atoms in total. The van der Waals surface area contributed by atoms with Crippen LogP contribution in [-0.2, 0) is 15.6 Å². The van der Waals surface area contributed by atoms with Crippen molar-refractivity contribution in [1.82, 2.24) is 0 Å². The van der Waals surface area contributed by atoms with Crippen LogP contribution in [0.5, 0.6) is 0 Å². The number of halogens is 2. The molecule has 0 aliphatic heterocycles. The molecule has 0 saturated heterocycles. The van der Waals surface area contributed by atoms with Gasteiger partial charge in [0.05, 0.1) is 4.90 Å². The number of rotatable bonds is 7. The molecule has 32 heavy (non-hydrogen) atoms. The average molecular weight is 487 g/mol. The predicted octanol–water partition coefficient (Wildman–Crippen LogP) is 6.61. The van der Waals surface area contributed by atoms with E-state index in [1.54, 1.807) is 30.3 Å². The summed E-state index contributed by atoms with van der Waals surface area (Å²) >= 11 is 7.14. The summed E-state index contributed by atoms with van der Waals surface area (Å²) in [6.45, 7) is 3.90. The fourth-order valence-corrected chi connectivity index (χ4v) is 5.80. The summed E-state index contributed by atoms with van der Waals surface area (Å²) in [6, 6.07) is 19.5. The average Bonchev–Trinajstić information content (AvgIpc) is 2.76. The van der Waals surface area contributed by atoms with Crippen molar-refractivity contribution in [3.05, 3.63) is 104 Å². The molecule has 0 atom stereocenters. The smallest absolute Gasteiger partial charge is 0.219 e. The first kappa shape index (κ1) is 23.9. The molecule has 0 heterocycles. The molecule has 0 saturated carbocycles. The van der Waals surface area contributed by atoms with Gasteiger partial charge in [-0.15, -0.1) is 11.8 Å². The highest BCUT2D eigenvalue weighted by Crippen LogP contribution is 2.33. The number of nitrogens with zero attached hydrogens (tertiary/aromatic N) is 1. The number of sulfone groups is 1. The number of nitrogens with one attached hydrogen (secondary N) is 1. The third-order valence-corrected chi connectivity index (χ3v) is 8.05. The maximum absolute atomic E-state index is 14.3. The highest BCUT2D eigenvalue weighted by atomic mass is 35.5. The van der Waals surface area contributed by atoms with E-state index >= 15 is 0 Å². The molecule has 0 spiro atoms. The van der Waals surface area contributed by atoms with E-state index in [4.69, 9.17) is 11.6 Å². The lowest BCUT2D eigenvalue weighted by Crippen LogP contribution is -2.10. The second kappa shape index (κ2) is 10.2. The van der Waals surface area contributed by atoms with Crippen LogP contribution in [0.3, 0.4) is 0 Å². The summed E-state index contributed by atoms with van der Waals surface area (Å²) in [7, 11) is -4.10. The van der Waals surface area contributed by atoms with Gasteiger partial charge in [0.2, 0.25) is 9.84 Å². The van der Waals surface area contributed by atoms with E-state index < -0.39 is 20.6 Å². The molecule has 0 aliphatic rings. The van der Waals surface area contributed by atoms with E-state index in [1.165, 1.54) is 24.3 Å². The normalized spacial score (nSPS) is 12.1. The zero-order valence-electron chi connectivity index (χ0n) is 17.4. The van der Waals surface area contributed by atoms with Gasteiger partial charge >= 0.3 is 0 Å². The Labute approximate surface area is 196 Å². The van der Waals surface area contributed by atoms with Gasteiger partial charge in [0.25, 0.3) is 0 Å². The summed E-state index contributed by atoms with van der Waals surface area (Å²) in [6.07, 6.45) is 0. The third kappa shape index (κ3) is 5.33. The number of aryl methyl sites for hydroxylation is 2. The molecule has 0 fully saturated rings. The number of anilines is 1. The zero-order valence-corrected chi connectivity index (χ0v) is 19.8. The molecule has 0 bridgehead atoms. The highest BCUT2D eigenvalue weighted by Gasteiger charge is 2.26. The molecule has 1 N–H and O–H groups in total. The predicted molar refractivity (Wildman–Crippen MR) is 129 cm³/mol. The van der Waals surface area contributed by atoms with Crippen molar-refractivity contribution in [3.8, 4) is 6.07 Å². The second-order valence-corrected chi connectivity index (χ2v) is 10.3. The summed E-state index contributed by atoms with van der Waals surface area (Å²) in [5.74, 6) is -0.464. The van der Waals surface area contributed by atoms with Crippen molar-refractivity contribution in [2.45, 2.75) is 24.5 Å². The van der Waals surface area contributed by atoms with Gasteiger partial charge in [0, 0.05) is 22.0 Å². The van der Waals surface area contributed by atoms with Gasteiger partial charge in [-0.05, 0) is 61.4 Å². The summed E-state index contributed by atoms with van der Waals surface area (Å²) < 4.78 is 40.7. The minimum atomic E-state index is -4.10. The lowest BCUT2D eigenvalue weighted by Gasteiger charge is -2.15. The minimum absolute atomic E-state index is 0.000427. The van der Waals surface area contributed by atoms with Gasteiger partial charge in [-0.1, -0.05) is 41.9 Å². The summed E-state index contributed by atoms with van der Waals surface area (Å²) in [4.78, 5) is -0.445. The maximum Gasteiger partial charge on any atom is 0.219 e. The number of hydrogen-bond acceptors (Lipinski definition) is 5. The van der Waals surface area contributed by atoms with E-state index in [2.05, 4.69) is 5.32 Å². The highest BCUT2D eigenvalue weighted by molar-refractivity contribution is 8.04. The van der Waals surface area contributed by atoms with Crippen molar-refractivity contribution in [1.29, 1.82) is 5.26 Å². The van der Waals surface area contributed by atoms with Crippen LogP contribution in [0.25, 0.3) is 0 Å². The van der Waals surface area contributed by atoms with Crippen LogP contribution >= 0.6 is 23.4 Å². The lowest BCUT2D eigenvalue weighted by atomic mass is 10.1. The SMILES string of the molecule is Cc1ccc(NC(SCc2c(F)cccc2Cl)=C(C#N)S(=O)(=O)c2ccccc2)cc1C.